The molecule has 108 valence electrons. The summed E-state index contributed by atoms with van der Waals surface area (Å²) >= 11 is 7.82. The van der Waals surface area contributed by atoms with Crippen molar-refractivity contribution in [2.24, 2.45) is 4.99 Å². The van der Waals surface area contributed by atoms with Crippen molar-refractivity contribution in [1.82, 2.24) is 4.90 Å². The molecule has 0 aliphatic carbocycles. The van der Waals surface area contributed by atoms with Crippen LogP contribution >= 0.6 is 23.4 Å². The molecule has 1 fully saturated rings. The highest BCUT2D eigenvalue weighted by Crippen LogP contribution is 2.26. The van der Waals surface area contributed by atoms with Crippen LogP contribution in [0.15, 0.2) is 23.2 Å². The van der Waals surface area contributed by atoms with E-state index in [4.69, 9.17) is 11.6 Å². The second kappa shape index (κ2) is 6.83. The molecule has 1 aromatic rings. The number of nitrogens with one attached hydrogen (secondary N) is 1. The van der Waals surface area contributed by atoms with Gasteiger partial charge in [-0.15, -0.1) is 0 Å². The van der Waals surface area contributed by atoms with Gasteiger partial charge in [0.15, 0.2) is 5.17 Å². The van der Waals surface area contributed by atoms with E-state index in [0.717, 1.165) is 28.2 Å². The Morgan fingerprint density at radius 3 is 3.00 bits per heavy atom. The molecule has 5 heteroatoms. The van der Waals surface area contributed by atoms with E-state index in [-0.39, 0.29) is 0 Å². The predicted octanol–water partition coefficient (Wildman–Crippen LogP) is 3.84. The van der Waals surface area contributed by atoms with Crippen molar-refractivity contribution in [1.29, 1.82) is 0 Å². The van der Waals surface area contributed by atoms with Gasteiger partial charge in [-0.2, -0.15) is 0 Å². The molecule has 2 aliphatic heterocycles. The zero-order valence-corrected chi connectivity index (χ0v) is 13.1. The van der Waals surface area contributed by atoms with Crippen molar-refractivity contribution in [2.45, 2.75) is 25.8 Å². The summed E-state index contributed by atoms with van der Waals surface area (Å²) in [4.78, 5) is 7.14. The standard InChI is InChI=1S/C15H20ClN3S/c16-13-4-5-14-12(10-13)11-17-15(18-14)20-9-3-8-19-6-1-2-7-19/h4-5,10H,1-3,6-9,11H2,(H,17,18). The Morgan fingerprint density at radius 1 is 1.30 bits per heavy atom. The molecular weight excluding hydrogens is 290 g/mol. The Balaban J connectivity index is 1.43. The van der Waals surface area contributed by atoms with E-state index in [1.165, 1.54) is 44.5 Å². The predicted molar refractivity (Wildman–Crippen MR) is 89.0 cm³/mol. The number of amidine groups is 1. The minimum Gasteiger partial charge on any atom is -0.335 e. The largest absolute Gasteiger partial charge is 0.335 e. The Labute approximate surface area is 129 Å². The molecule has 1 saturated heterocycles. The Hall–Kier alpha value is -0.710. The van der Waals surface area contributed by atoms with Crippen LogP contribution in [0.5, 0.6) is 0 Å². The van der Waals surface area contributed by atoms with Crippen LogP contribution in [0, 0.1) is 0 Å². The number of hydrogen-bond donors (Lipinski definition) is 1. The SMILES string of the molecule is Clc1ccc2c(c1)CN=C(SCCCN1CCCC1)N2. The first kappa shape index (κ1) is 14.2. The van der Waals surface area contributed by atoms with Crippen LogP contribution in [0.3, 0.4) is 0 Å². The maximum atomic E-state index is 5.99. The first-order chi connectivity index (χ1) is 9.81. The lowest BCUT2D eigenvalue weighted by molar-refractivity contribution is 0.341. The van der Waals surface area contributed by atoms with Gasteiger partial charge in [0.25, 0.3) is 0 Å². The monoisotopic (exact) mass is 309 g/mol. The minimum absolute atomic E-state index is 0.733. The van der Waals surface area contributed by atoms with E-state index in [1.807, 2.05) is 30.0 Å². The van der Waals surface area contributed by atoms with Gasteiger partial charge in [-0.25, -0.2) is 0 Å². The molecular formula is C15H20ClN3S. The zero-order chi connectivity index (χ0) is 13.8. The van der Waals surface area contributed by atoms with Crippen molar-refractivity contribution >= 4 is 34.2 Å². The zero-order valence-electron chi connectivity index (χ0n) is 11.6. The van der Waals surface area contributed by atoms with Crippen molar-refractivity contribution in [3.63, 3.8) is 0 Å². The van der Waals surface area contributed by atoms with E-state index in [9.17, 15) is 0 Å². The maximum absolute atomic E-state index is 5.99. The van der Waals surface area contributed by atoms with Crippen molar-refractivity contribution in [2.75, 3.05) is 30.7 Å². The summed E-state index contributed by atoms with van der Waals surface area (Å²) in [6.45, 7) is 4.54. The highest BCUT2D eigenvalue weighted by atomic mass is 35.5. The van der Waals surface area contributed by atoms with Crippen LogP contribution in [0.4, 0.5) is 5.69 Å². The van der Waals surface area contributed by atoms with Gasteiger partial charge >= 0.3 is 0 Å². The first-order valence-corrected chi connectivity index (χ1v) is 8.63. The molecule has 3 rings (SSSR count). The minimum atomic E-state index is 0.733. The van der Waals surface area contributed by atoms with Gasteiger partial charge in [-0.05, 0) is 62.7 Å². The number of thioether (sulfide) groups is 1. The van der Waals surface area contributed by atoms with Gasteiger partial charge in [0, 0.05) is 16.5 Å². The molecule has 1 aromatic carbocycles. The Kier molecular flexibility index (Phi) is 4.86. The molecule has 0 amide bonds. The van der Waals surface area contributed by atoms with Crippen LogP contribution in [0.1, 0.15) is 24.8 Å². The third-order valence-electron chi connectivity index (χ3n) is 3.76. The lowest BCUT2D eigenvalue weighted by atomic mass is 10.1. The second-order valence-corrected chi connectivity index (χ2v) is 6.82. The Bertz CT molecular complexity index is 498. The average Bonchev–Trinajstić information content (AvgIpc) is 2.97. The van der Waals surface area contributed by atoms with E-state index in [0.29, 0.717) is 0 Å². The number of fused-ring (bicyclic) bond motifs is 1. The lowest BCUT2D eigenvalue weighted by Crippen LogP contribution is -2.21. The number of halogens is 1. The molecule has 3 nitrogen and oxygen atoms in total. The molecule has 0 aromatic heterocycles. The molecule has 20 heavy (non-hydrogen) atoms. The third kappa shape index (κ3) is 3.68. The Morgan fingerprint density at radius 2 is 2.15 bits per heavy atom. The molecule has 0 atom stereocenters. The van der Waals surface area contributed by atoms with E-state index < -0.39 is 0 Å². The summed E-state index contributed by atoms with van der Waals surface area (Å²) in [7, 11) is 0. The van der Waals surface area contributed by atoms with Gasteiger partial charge in [0.2, 0.25) is 0 Å². The molecule has 0 bridgehead atoms. The molecule has 1 N–H and O–H groups in total. The number of likely N-dealkylation sites (tertiary alicyclic amines) is 1. The highest BCUT2D eigenvalue weighted by molar-refractivity contribution is 8.14. The number of aliphatic imine (C=N–C) groups is 1. The fourth-order valence-corrected chi connectivity index (χ4v) is 3.67. The topological polar surface area (TPSA) is 27.6 Å². The average molecular weight is 310 g/mol. The van der Waals surface area contributed by atoms with Crippen LogP contribution in [0.25, 0.3) is 0 Å². The quantitative estimate of drug-likeness (QED) is 0.856. The van der Waals surface area contributed by atoms with Gasteiger partial charge in [0.05, 0.1) is 6.54 Å². The molecule has 0 radical (unpaired) electrons. The summed E-state index contributed by atoms with van der Waals surface area (Å²) in [6, 6.07) is 5.95. The molecule has 2 heterocycles. The number of hydrogen-bond acceptors (Lipinski definition) is 4. The lowest BCUT2D eigenvalue weighted by Gasteiger charge is -2.18. The molecule has 0 unspecified atom stereocenters. The number of nitrogens with zero attached hydrogens (tertiary/aromatic N) is 2. The summed E-state index contributed by atoms with van der Waals surface area (Å²) in [6.07, 6.45) is 3.99. The number of anilines is 1. The number of benzene rings is 1. The van der Waals surface area contributed by atoms with Crippen molar-refractivity contribution < 1.29 is 0 Å². The molecule has 0 spiro atoms. The first-order valence-electron chi connectivity index (χ1n) is 7.26. The highest BCUT2D eigenvalue weighted by Gasteiger charge is 2.13. The van der Waals surface area contributed by atoms with Crippen LogP contribution in [-0.2, 0) is 6.54 Å². The van der Waals surface area contributed by atoms with E-state index in [2.05, 4.69) is 15.2 Å². The molecule has 2 aliphatic rings. The summed E-state index contributed by atoms with van der Waals surface area (Å²) < 4.78 is 0. The number of rotatable bonds is 4. The van der Waals surface area contributed by atoms with Gasteiger partial charge in [-0.1, -0.05) is 23.4 Å². The summed E-state index contributed by atoms with van der Waals surface area (Å²) in [5.41, 5.74) is 2.32. The van der Waals surface area contributed by atoms with Crippen LogP contribution < -0.4 is 5.32 Å². The van der Waals surface area contributed by atoms with Crippen LogP contribution in [0.2, 0.25) is 5.02 Å². The smallest absolute Gasteiger partial charge is 0.161 e. The maximum Gasteiger partial charge on any atom is 0.161 e. The second-order valence-electron chi connectivity index (χ2n) is 5.30. The summed E-state index contributed by atoms with van der Waals surface area (Å²) in [5.74, 6) is 1.13. The van der Waals surface area contributed by atoms with Gasteiger partial charge < -0.3 is 10.2 Å². The van der Waals surface area contributed by atoms with Gasteiger partial charge in [-0.3, -0.25) is 4.99 Å². The fraction of sp³-hybridized carbons (Fsp3) is 0.533. The molecule has 0 saturated carbocycles. The van der Waals surface area contributed by atoms with Crippen LogP contribution in [-0.4, -0.2) is 35.5 Å². The fourth-order valence-electron chi connectivity index (χ4n) is 2.67. The van der Waals surface area contributed by atoms with Crippen molar-refractivity contribution in [3.8, 4) is 0 Å². The van der Waals surface area contributed by atoms with Gasteiger partial charge in [0.1, 0.15) is 0 Å². The van der Waals surface area contributed by atoms with Crippen molar-refractivity contribution in [3.05, 3.63) is 28.8 Å². The normalized spacial score (nSPS) is 18.6. The van der Waals surface area contributed by atoms with E-state index >= 15 is 0 Å². The summed E-state index contributed by atoms with van der Waals surface area (Å²) in [5, 5.41) is 5.22. The van der Waals surface area contributed by atoms with E-state index in [1.54, 1.807) is 0 Å². The third-order valence-corrected chi connectivity index (χ3v) is 4.99.